The van der Waals surface area contributed by atoms with Crippen LogP contribution >= 0.6 is 0 Å². The molecule has 24 heavy (non-hydrogen) atoms. The highest BCUT2D eigenvalue weighted by molar-refractivity contribution is 5.76. The lowest BCUT2D eigenvalue weighted by Crippen LogP contribution is -2.39. The van der Waals surface area contributed by atoms with Crippen molar-refractivity contribution in [2.75, 3.05) is 52.4 Å². The Morgan fingerprint density at radius 3 is 2.42 bits per heavy atom. The maximum Gasteiger partial charge on any atom is 0.223 e. The zero-order chi connectivity index (χ0) is 16.8. The van der Waals surface area contributed by atoms with Crippen molar-refractivity contribution >= 4 is 5.91 Å². The van der Waals surface area contributed by atoms with E-state index in [-0.39, 0.29) is 0 Å². The van der Waals surface area contributed by atoms with Gasteiger partial charge in [0.15, 0.2) is 0 Å². The Morgan fingerprint density at radius 2 is 1.67 bits per heavy atom. The summed E-state index contributed by atoms with van der Waals surface area (Å²) in [7, 11) is 0. The summed E-state index contributed by atoms with van der Waals surface area (Å²) in [6.07, 6.45) is 3.31. The first kappa shape index (κ1) is 17.4. The topological polar surface area (TPSA) is 26.8 Å². The van der Waals surface area contributed by atoms with Gasteiger partial charge in [-0.05, 0) is 37.4 Å². The van der Waals surface area contributed by atoms with Crippen molar-refractivity contribution in [3.05, 3.63) is 35.9 Å². The van der Waals surface area contributed by atoms with Gasteiger partial charge in [0, 0.05) is 45.7 Å². The Balaban J connectivity index is 1.47. The van der Waals surface area contributed by atoms with E-state index in [4.69, 9.17) is 0 Å². The molecule has 1 atom stereocenters. The first-order valence-electron chi connectivity index (χ1n) is 9.50. The van der Waals surface area contributed by atoms with Crippen molar-refractivity contribution < 1.29 is 4.79 Å². The summed E-state index contributed by atoms with van der Waals surface area (Å²) in [5.74, 6) is 0.849. The lowest BCUT2D eigenvalue weighted by molar-refractivity contribution is -0.130. The van der Waals surface area contributed by atoms with E-state index >= 15 is 0 Å². The fourth-order valence-corrected chi connectivity index (χ4v) is 3.87. The minimum Gasteiger partial charge on any atom is -0.340 e. The van der Waals surface area contributed by atoms with E-state index in [9.17, 15) is 4.79 Å². The average Bonchev–Trinajstić information content (AvgIpc) is 3.07. The lowest BCUT2D eigenvalue weighted by atomic mass is 10.0. The molecule has 0 aromatic heterocycles. The molecule has 4 heteroatoms. The SMILES string of the molecule is CC(CN1CCC(=O)N(CCN2CCCC2)CC1)c1ccccc1. The summed E-state index contributed by atoms with van der Waals surface area (Å²) in [4.78, 5) is 19.4. The highest BCUT2D eigenvalue weighted by atomic mass is 16.2. The molecule has 132 valence electrons. The highest BCUT2D eigenvalue weighted by Crippen LogP contribution is 2.17. The first-order chi connectivity index (χ1) is 11.7. The minimum atomic E-state index is 0.337. The third kappa shape index (κ3) is 4.81. The summed E-state index contributed by atoms with van der Waals surface area (Å²) in [6.45, 7) is 10.5. The van der Waals surface area contributed by atoms with Gasteiger partial charge in [0.05, 0.1) is 0 Å². The monoisotopic (exact) mass is 329 g/mol. The summed E-state index contributed by atoms with van der Waals surface area (Å²) in [5, 5.41) is 0. The molecule has 0 saturated carbocycles. The number of carbonyl (C=O) groups is 1. The van der Waals surface area contributed by atoms with Gasteiger partial charge in [-0.1, -0.05) is 37.3 Å². The minimum absolute atomic E-state index is 0.337. The Labute approximate surface area is 146 Å². The van der Waals surface area contributed by atoms with Gasteiger partial charge in [0.2, 0.25) is 5.91 Å². The van der Waals surface area contributed by atoms with Crippen LogP contribution in [0.3, 0.4) is 0 Å². The number of likely N-dealkylation sites (tertiary alicyclic amines) is 1. The molecule has 2 saturated heterocycles. The van der Waals surface area contributed by atoms with Crippen LogP contribution in [0.5, 0.6) is 0 Å². The van der Waals surface area contributed by atoms with Crippen molar-refractivity contribution in [1.29, 1.82) is 0 Å². The molecule has 2 aliphatic heterocycles. The zero-order valence-electron chi connectivity index (χ0n) is 15.0. The third-order valence-electron chi connectivity index (χ3n) is 5.47. The first-order valence-corrected chi connectivity index (χ1v) is 9.50. The standard InChI is InChI=1S/C20H31N3O/c1-18(19-7-3-2-4-8-19)17-22-12-9-20(24)23(16-14-22)15-13-21-10-5-6-11-21/h2-4,7-8,18H,5-6,9-17H2,1H3. The molecular formula is C20H31N3O. The summed E-state index contributed by atoms with van der Waals surface area (Å²) >= 11 is 0. The van der Waals surface area contributed by atoms with Gasteiger partial charge in [-0.2, -0.15) is 0 Å². The predicted octanol–water partition coefficient (Wildman–Crippen LogP) is 2.42. The molecule has 0 N–H and O–H groups in total. The van der Waals surface area contributed by atoms with Crippen LogP contribution in [-0.4, -0.2) is 73.0 Å². The van der Waals surface area contributed by atoms with Gasteiger partial charge in [-0.15, -0.1) is 0 Å². The number of hydrogen-bond acceptors (Lipinski definition) is 3. The Hall–Kier alpha value is -1.39. The maximum atomic E-state index is 12.4. The van der Waals surface area contributed by atoms with Crippen molar-refractivity contribution in [2.45, 2.75) is 32.1 Å². The summed E-state index contributed by atoms with van der Waals surface area (Å²) < 4.78 is 0. The van der Waals surface area contributed by atoms with E-state index < -0.39 is 0 Å². The smallest absolute Gasteiger partial charge is 0.223 e. The maximum absolute atomic E-state index is 12.4. The summed E-state index contributed by atoms with van der Waals surface area (Å²) in [6, 6.07) is 10.7. The second-order valence-corrected chi connectivity index (χ2v) is 7.29. The van der Waals surface area contributed by atoms with Crippen LogP contribution in [0.15, 0.2) is 30.3 Å². The van der Waals surface area contributed by atoms with Crippen molar-refractivity contribution in [1.82, 2.24) is 14.7 Å². The second-order valence-electron chi connectivity index (χ2n) is 7.29. The molecular weight excluding hydrogens is 298 g/mol. The molecule has 2 aliphatic rings. The van der Waals surface area contributed by atoms with Crippen LogP contribution in [0.25, 0.3) is 0 Å². The van der Waals surface area contributed by atoms with E-state index in [1.54, 1.807) is 0 Å². The van der Waals surface area contributed by atoms with Gasteiger partial charge in [-0.3, -0.25) is 4.79 Å². The Morgan fingerprint density at radius 1 is 0.917 bits per heavy atom. The van der Waals surface area contributed by atoms with Crippen molar-refractivity contribution in [3.8, 4) is 0 Å². The van der Waals surface area contributed by atoms with Crippen molar-refractivity contribution in [3.63, 3.8) is 0 Å². The predicted molar refractivity (Wildman–Crippen MR) is 98.2 cm³/mol. The number of carbonyl (C=O) groups excluding carboxylic acids is 1. The molecule has 0 aliphatic carbocycles. The zero-order valence-corrected chi connectivity index (χ0v) is 15.0. The van der Waals surface area contributed by atoms with E-state index in [2.05, 4.69) is 52.0 Å². The van der Waals surface area contributed by atoms with Crippen molar-refractivity contribution in [2.24, 2.45) is 0 Å². The molecule has 3 rings (SSSR count). The van der Waals surface area contributed by atoms with Crippen LogP contribution in [0.2, 0.25) is 0 Å². The Bertz CT molecular complexity index is 513. The molecule has 1 aromatic rings. The van der Waals surface area contributed by atoms with E-state index in [1.165, 1.54) is 31.5 Å². The molecule has 1 aromatic carbocycles. The number of hydrogen-bond donors (Lipinski definition) is 0. The van der Waals surface area contributed by atoms with Gasteiger partial charge >= 0.3 is 0 Å². The van der Waals surface area contributed by atoms with Gasteiger partial charge < -0.3 is 14.7 Å². The van der Waals surface area contributed by atoms with E-state index in [1.807, 2.05) is 0 Å². The van der Waals surface area contributed by atoms with Crippen LogP contribution in [-0.2, 0) is 4.79 Å². The molecule has 2 fully saturated rings. The van der Waals surface area contributed by atoms with Crippen LogP contribution in [0.4, 0.5) is 0 Å². The molecule has 1 amide bonds. The summed E-state index contributed by atoms with van der Waals surface area (Å²) in [5.41, 5.74) is 1.39. The van der Waals surface area contributed by atoms with Crippen LogP contribution < -0.4 is 0 Å². The second kappa shape index (κ2) is 8.63. The largest absolute Gasteiger partial charge is 0.340 e. The van der Waals surface area contributed by atoms with Gasteiger partial charge in [0.25, 0.3) is 0 Å². The fourth-order valence-electron chi connectivity index (χ4n) is 3.87. The quantitative estimate of drug-likeness (QED) is 0.802. The highest BCUT2D eigenvalue weighted by Gasteiger charge is 2.23. The van der Waals surface area contributed by atoms with Gasteiger partial charge in [-0.25, -0.2) is 0 Å². The molecule has 0 spiro atoms. The fraction of sp³-hybridized carbons (Fsp3) is 0.650. The number of benzene rings is 1. The number of rotatable bonds is 6. The van der Waals surface area contributed by atoms with E-state index in [0.717, 1.165) is 39.3 Å². The lowest BCUT2D eigenvalue weighted by Gasteiger charge is -2.26. The molecule has 2 heterocycles. The molecule has 0 radical (unpaired) electrons. The van der Waals surface area contributed by atoms with Crippen LogP contribution in [0, 0.1) is 0 Å². The average molecular weight is 329 g/mol. The number of nitrogens with zero attached hydrogens (tertiary/aromatic N) is 3. The third-order valence-corrected chi connectivity index (χ3v) is 5.47. The number of amides is 1. The molecule has 1 unspecified atom stereocenters. The molecule has 0 bridgehead atoms. The van der Waals surface area contributed by atoms with E-state index in [0.29, 0.717) is 18.2 Å². The van der Waals surface area contributed by atoms with Crippen LogP contribution in [0.1, 0.15) is 37.7 Å². The molecule has 4 nitrogen and oxygen atoms in total. The normalized spacial score (nSPS) is 21.9. The Kier molecular flexibility index (Phi) is 6.27. The van der Waals surface area contributed by atoms with Gasteiger partial charge in [0.1, 0.15) is 0 Å².